The zero-order valence-corrected chi connectivity index (χ0v) is 12.3. The maximum absolute atomic E-state index is 11.9. The van der Waals surface area contributed by atoms with Gasteiger partial charge in [-0.05, 0) is 43.7 Å². The molecule has 1 aromatic rings. The molecule has 1 aliphatic heterocycles. The molecule has 1 N–H and O–H groups in total. The van der Waals surface area contributed by atoms with Crippen molar-refractivity contribution in [2.24, 2.45) is 5.92 Å². The van der Waals surface area contributed by atoms with Gasteiger partial charge in [-0.25, -0.2) is 0 Å². The number of hydrogen-bond acceptors (Lipinski definition) is 4. The second-order valence-electron chi connectivity index (χ2n) is 5.83. The van der Waals surface area contributed by atoms with E-state index in [1.807, 2.05) is 0 Å². The first-order chi connectivity index (χ1) is 10.2. The van der Waals surface area contributed by atoms with Gasteiger partial charge in [0.2, 0.25) is 6.79 Å². The Kier molecular flexibility index (Phi) is 4.18. The molecule has 5 heteroatoms. The van der Waals surface area contributed by atoms with Gasteiger partial charge in [0.15, 0.2) is 18.1 Å². The Morgan fingerprint density at radius 3 is 2.81 bits per heavy atom. The molecule has 0 spiro atoms. The zero-order valence-electron chi connectivity index (χ0n) is 12.3. The molecule has 1 fully saturated rings. The van der Waals surface area contributed by atoms with Crippen LogP contribution in [0.2, 0.25) is 0 Å². The standard InChI is InChI=1S/C16H21NO4/c1-11-2-4-12(5-3-11)17-16(18)9-19-13-6-7-14-15(8-13)21-10-20-14/h6-8,11-12H,2-5,9-10H2,1H3,(H,17,18). The number of hydrogen-bond donors (Lipinski definition) is 1. The van der Waals surface area contributed by atoms with E-state index in [1.165, 1.54) is 12.8 Å². The number of amides is 1. The summed E-state index contributed by atoms with van der Waals surface area (Å²) in [5.41, 5.74) is 0. The molecular weight excluding hydrogens is 270 g/mol. The molecule has 1 heterocycles. The van der Waals surface area contributed by atoms with Crippen molar-refractivity contribution in [2.75, 3.05) is 13.4 Å². The highest BCUT2D eigenvalue weighted by Gasteiger charge is 2.20. The summed E-state index contributed by atoms with van der Waals surface area (Å²) in [5, 5.41) is 3.04. The van der Waals surface area contributed by atoms with Gasteiger partial charge in [0.1, 0.15) is 5.75 Å². The first kappa shape index (κ1) is 14.0. The van der Waals surface area contributed by atoms with Crippen LogP contribution in [-0.4, -0.2) is 25.3 Å². The van der Waals surface area contributed by atoms with Crippen LogP contribution in [0.25, 0.3) is 0 Å². The van der Waals surface area contributed by atoms with Crippen LogP contribution in [0.5, 0.6) is 17.2 Å². The fourth-order valence-electron chi connectivity index (χ4n) is 2.79. The Hall–Kier alpha value is -1.91. The van der Waals surface area contributed by atoms with Crippen molar-refractivity contribution in [3.8, 4) is 17.2 Å². The molecule has 0 saturated heterocycles. The second-order valence-corrected chi connectivity index (χ2v) is 5.83. The van der Waals surface area contributed by atoms with Crippen molar-refractivity contribution < 1.29 is 19.0 Å². The van der Waals surface area contributed by atoms with Gasteiger partial charge < -0.3 is 19.5 Å². The molecule has 3 rings (SSSR count). The van der Waals surface area contributed by atoms with E-state index in [1.54, 1.807) is 18.2 Å². The largest absolute Gasteiger partial charge is 0.484 e. The van der Waals surface area contributed by atoms with E-state index in [0.29, 0.717) is 23.3 Å². The minimum absolute atomic E-state index is 0.0334. The molecule has 0 bridgehead atoms. The molecule has 0 radical (unpaired) electrons. The first-order valence-corrected chi connectivity index (χ1v) is 7.52. The van der Waals surface area contributed by atoms with Crippen LogP contribution in [0.15, 0.2) is 18.2 Å². The molecule has 114 valence electrons. The Morgan fingerprint density at radius 1 is 1.24 bits per heavy atom. The summed E-state index contributed by atoms with van der Waals surface area (Å²) in [7, 11) is 0. The summed E-state index contributed by atoms with van der Waals surface area (Å²) < 4.78 is 16.0. The topological polar surface area (TPSA) is 56.8 Å². The lowest BCUT2D eigenvalue weighted by Crippen LogP contribution is -2.39. The second kappa shape index (κ2) is 6.24. The first-order valence-electron chi connectivity index (χ1n) is 7.52. The van der Waals surface area contributed by atoms with Gasteiger partial charge in [0.25, 0.3) is 5.91 Å². The molecule has 21 heavy (non-hydrogen) atoms. The Labute approximate surface area is 124 Å². The number of benzene rings is 1. The molecule has 1 saturated carbocycles. The third-order valence-electron chi connectivity index (χ3n) is 4.09. The van der Waals surface area contributed by atoms with E-state index in [9.17, 15) is 4.79 Å². The number of nitrogens with one attached hydrogen (secondary N) is 1. The molecule has 0 atom stereocenters. The average molecular weight is 291 g/mol. The Bertz CT molecular complexity index is 509. The Balaban J connectivity index is 1.45. The zero-order chi connectivity index (χ0) is 14.7. The maximum Gasteiger partial charge on any atom is 0.258 e. The quantitative estimate of drug-likeness (QED) is 0.926. The van der Waals surface area contributed by atoms with E-state index in [-0.39, 0.29) is 19.3 Å². The number of carbonyl (C=O) groups is 1. The lowest BCUT2D eigenvalue weighted by molar-refractivity contribution is -0.124. The van der Waals surface area contributed by atoms with Crippen molar-refractivity contribution in [2.45, 2.75) is 38.6 Å². The summed E-state index contributed by atoms with van der Waals surface area (Å²) in [6, 6.07) is 5.62. The van der Waals surface area contributed by atoms with Gasteiger partial charge in [-0.2, -0.15) is 0 Å². The van der Waals surface area contributed by atoms with Crippen LogP contribution in [0, 0.1) is 5.92 Å². The van der Waals surface area contributed by atoms with E-state index < -0.39 is 0 Å². The van der Waals surface area contributed by atoms with E-state index in [4.69, 9.17) is 14.2 Å². The summed E-state index contributed by atoms with van der Waals surface area (Å²) >= 11 is 0. The third-order valence-corrected chi connectivity index (χ3v) is 4.09. The highest BCUT2D eigenvalue weighted by Crippen LogP contribution is 2.35. The molecule has 0 unspecified atom stereocenters. The van der Waals surface area contributed by atoms with Crippen LogP contribution in [0.1, 0.15) is 32.6 Å². The minimum atomic E-state index is -0.0628. The lowest BCUT2D eigenvalue weighted by atomic mass is 9.87. The summed E-state index contributed by atoms with van der Waals surface area (Å²) in [5.74, 6) is 2.71. The van der Waals surface area contributed by atoms with Gasteiger partial charge in [0, 0.05) is 12.1 Å². The fourth-order valence-corrected chi connectivity index (χ4v) is 2.79. The number of fused-ring (bicyclic) bond motifs is 1. The van der Waals surface area contributed by atoms with Crippen LogP contribution in [0.4, 0.5) is 0 Å². The molecule has 1 amide bonds. The summed E-state index contributed by atoms with van der Waals surface area (Å²) in [6.07, 6.45) is 4.51. The molecule has 0 aromatic heterocycles. The van der Waals surface area contributed by atoms with Crippen LogP contribution < -0.4 is 19.5 Å². The van der Waals surface area contributed by atoms with Gasteiger partial charge >= 0.3 is 0 Å². The van der Waals surface area contributed by atoms with Crippen LogP contribution in [0.3, 0.4) is 0 Å². The maximum atomic E-state index is 11.9. The normalized spacial score (nSPS) is 23.7. The predicted octanol–water partition coefficient (Wildman–Crippen LogP) is 2.49. The van der Waals surface area contributed by atoms with E-state index in [2.05, 4.69) is 12.2 Å². The molecule has 2 aliphatic rings. The van der Waals surface area contributed by atoms with Gasteiger partial charge in [-0.15, -0.1) is 0 Å². The minimum Gasteiger partial charge on any atom is -0.484 e. The van der Waals surface area contributed by atoms with Gasteiger partial charge in [-0.3, -0.25) is 4.79 Å². The number of carbonyl (C=O) groups excluding carboxylic acids is 1. The highest BCUT2D eigenvalue weighted by molar-refractivity contribution is 5.77. The monoisotopic (exact) mass is 291 g/mol. The van der Waals surface area contributed by atoms with Crippen molar-refractivity contribution in [1.29, 1.82) is 0 Å². The average Bonchev–Trinajstić information content (AvgIpc) is 2.95. The number of ether oxygens (including phenoxy) is 3. The van der Waals surface area contributed by atoms with Crippen molar-refractivity contribution in [3.05, 3.63) is 18.2 Å². The smallest absolute Gasteiger partial charge is 0.258 e. The van der Waals surface area contributed by atoms with Gasteiger partial charge in [-0.1, -0.05) is 6.92 Å². The molecule has 5 nitrogen and oxygen atoms in total. The summed E-state index contributed by atoms with van der Waals surface area (Å²) in [6.45, 7) is 2.53. The molecule has 1 aliphatic carbocycles. The van der Waals surface area contributed by atoms with E-state index >= 15 is 0 Å². The Morgan fingerprint density at radius 2 is 2.00 bits per heavy atom. The predicted molar refractivity (Wildman–Crippen MR) is 77.6 cm³/mol. The molecular formula is C16H21NO4. The van der Waals surface area contributed by atoms with Crippen molar-refractivity contribution >= 4 is 5.91 Å². The molecule has 1 aromatic carbocycles. The highest BCUT2D eigenvalue weighted by atomic mass is 16.7. The lowest BCUT2D eigenvalue weighted by Gasteiger charge is -2.26. The summed E-state index contributed by atoms with van der Waals surface area (Å²) in [4.78, 5) is 11.9. The van der Waals surface area contributed by atoms with Crippen LogP contribution >= 0.6 is 0 Å². The fraction of sp³-hybridized carbons (Fsp3) is 0.562. The number of rotatable bonds is 4. The SMILES string of the molecule is CC1CCC(NC(=O)COc2ccc3c(c2)OCO3)CC1. The van der Waals surface area contributed by atoms with Gasteiger partial charge in [0.05, 0.1) is 0 Å². The van der Waals surface area contributed by atoms with Crippen molar-refractivity contribution in [3.63, 3.8) is 0 Å². The van der Waals surface area contributed by atoms with E-state index in [0.717, 1.165) is 18.8 Å². The van der Waals surface area contributed by atoms with Crippen molar-refractivity contribution in [1.82, 2.24) is 5.32 Å². The third kappa shape index (κ3) is 3.60. The van der Waals surface area contributed by atoms with Crippen LogP contribution in [-0.2, 0) is 4.79 Å².